The minimum atomic E-state index is -0.294. The number of amides is 1. The molecule has 1 unspecified atom stereocenters. The van der Waals surface area contributed by atoms with Crippen molar-refractivity contribution in [3.8, 4) is 0 Å². The number of likely N-dealkylation sites (tertiary alicyclic amines) is 1. The Morgan fingerprint density at radius 1 is 1.00 bits per heavy atom. The van der Waals surface area contributed by atoms with Gasteiger partial charge in [-0.3, -0.25) is 9.69 Å². The van der Waals surface area contributed by atoms with Crippen molar-refractivity contribution in [3.05, 3.63) is 71.5 Å². The Morgan fingerprint density at radius 2 is 1.72 bits per heavy atom. The molecule has 7 heteroatoms. The van der Waals surface area contributed by atoms with Gasteiger partial charge in [0.2, 0.25) is 5.91 Å². The monoisotopic (exact) mass is 449 g/mol. The van der Waals surface area contributed by atoms with Crippen LogP contribution in [-0.4, -0.2) is 43.9 Å². The Bertz CT molecular complexity index is 1010. The number of hydrogen-bond acceptors (Lipinski definition) is 5. The number of piperidine rings is 1. The highest BCUT2D eigenvalue weighted by molar-refractivity contribution is 8.00. The molecule has 1 aliphatic rings. The molecule has 0 radical (unpaired) electrons. The predicted octanol–water partition coefficient (Wildman–Crippen LogP) is 4.74. The lowest BCUT2D eigenvalue weighted by Crippen LogP contribution is -2.30. The summed E-state index contributed by atoms with van der Waals surface area (Å²) in [5, 5.41) is 12.5. The van der Waals surface area contributed by atoms with Gasteiger partial charge in [0.25, 0.3) is 0 Å². The zero-order valence-corrected chi connectivity index (χ0v) is 19.6. The number of benzene rings is 2. The number of thioether (sulfide) groups is 1. The van der Waals surface area contributed by atoms with Crippen LogP contribution in [0.4, 0.5) is 5.69 Å². The van der Waals surface area contributed by atoms with E-state index in [0.29, 0.717) is 6.54 Å². The van der Waals surface area contributed by atoms with Crippen LogP contribution < -0.4 is 5.32 Å². The van der Waals surface area contributed by atoms with Crippen LogP contribution in [0.1, 0.15) is 43.1 Å². The molecule has 4 rings (SSSR count). The van der Waals surface area contributed by atoms with Crippen LogP contribution in [0.5, 0.6) is 0 Å². The lowest BCUT2D eigenvalue weighted by molar-refractivity contribution is -0.115. The standard InChI is InChI=1S/C25H31N5OS/c1-19-11-13-22(14-12-19)26-24(31)20(2)32-25-28-27-23(18-29-15-7-4-8-16-29)30(25)17-21-9-5-3-6-10-21/h3,5-6,9-14,20H,4,7-8,15-18H2,1-2H3,(H,26,31). The molecule has 1 fully saturated rings. The minimum Gasteiger partial charge on any atom is -0.325 e. The van der Waals surface area contributed by atoms with Crippen molar-refractivity contribution >= 4 is 23.4 Å². The van der Waals surface area contributed by atoms with Gasteiger partial charge < -0.3 is 9.88 Å². The number of anilines is 1. The van der Waals surface area contributed by atoms with Crippen molar-refractivity contribution in [2.24, 2.45) is 0 Å². The number of carbonyl (C=O) groups excluding carboxylic acids is 1. The van der Waals surface area contributed by atoms with Crippen molar-refractivity contribution in [3.63, 3.8) is 0 Å². The first-order valence-corrected chi connectivity index (χ1v) is 12.2. The van der Waals surface area contributed by atoms with Crippen LogP contribution in [0.2, 0.25) is 0 Å². The molecular weight excluding hydrogens is 418 g/mol. The lowest BCUT2D eigenvalue weighted by atomic mass is 10.1. The van der Waals surface area contributed by atoms with Crippen molar-refractivity contribution in [1.82, 2.24) is 19.7 Å². The van der Waals surface area contributed by atoms with Crippen LogP contribution in [0.25, 0.3) is 0 Å². The number of hydrogen-bond donors (Lipinski definition) is 1. The van der Waals surface area contributed by atoms with Gasteiger partial charge >= 0.3 is 0 Å². The zero-order chi connectivity index (χ0) is 22.3. The predicted molar refractivity (Wildman–Crippen MR) is 130 cm³/mol. The molecule has 3 aromatic rings. The van der Waals surface area contributed by atoms with Crippen LogP contribution in [0.3, 0.4) is 0 Å². The van der Waals surface area contributed by atoms with E-state index in [9.17, 15) is 4.79 Å². The van der Waals surface area contributed by atoms with Gasteiger partial charge in [-0.2, -0.15) is 0 Å². The Kier molecular flexibility index (Phi) is 7.60. The molecule has 2 aromatic carbocycles. The second-order valence-corrected chi connectivity index (χ2v) is 9.73. The molecule has 1 saturated heterocycles. The Morgan fingerprint density at radius 3 is 2.44 bits per heavy atom. The van der Waals surface area contributed by atoms with Gasteiger partial charge in [0.15, 0.2) is 5.16 Å². The van der Waals surface area contributed by atoms with E-state index in [1.807, 2.05) is 44.2 Å². The van der Waals surface area contributed by atoms with Gasteiger partial charge in [-0.15, -0.1) is 10.2 Å². The third-order valence-electron chi connectivity index (χ3n) is 5.76. The van der Waals surface area contributed by atoms with Crippen LogP contribution in [0, 0.1) is 6.92 Å². The Labute approximate surface area is 194 Å². The van der Waals surface area contributed by atoms with Gasteiger partial charge in [0.05, 0.1) is 18.3 Å². The van der Waals surface area contributed by atoms with Crippen LogP contribution in [0.15, 0.2) is 59.8 Å². The van der Waals surface area contributed by atoms with Crippen molar-refractivity contribution in [2.75, 3.05) is 18.4 Å². The maximum atomic E-state index is 12.8. The van der Waals surface area contributed by atoms with E-state index < -0.39 is 0 Å². The summed E-state index contributed by atoms with van der Waals surface area (Å²) in [4.78, 5) is 15.3. The maximum Gasteiger partial charge on any atom is 0.237 e. The van der Waals surface area contributed by atoms with E-state index in [1.165, 1.54) is 42.2 Å². The van der Waals surface area contributed by atoms with E-state index in [2.05, 4.69) is 49.2 Å². The molecule has 1 amide bonds. The average molecular weight is 450 g/mol. The highest BCUT2D eigenvalue weighted by atomic mass is 32.2. The number of nitrogens with zero attached hydrogens (tertiary/aromatic N) is 4. The van der Waals surface area contributed by atoms with E-state index in [1.54, 1.807) is 0 Å². The Balaban J connectivity index is 1.49. The van der Waals surface area contributed by atoms with Crippen molar-refractivity contribution in [2.45, 2.75) is 56.6 Å². The normalized spacial score (nSPS) is 15.4. The number of aromatic nitrogens is 3. The van der Waals surface area contributed by atoms with Gasteiger partial charge in [0, 0.05) is 5.69 Å². The molecular formula is C25H31N5OS. The molecule has 0 aliphatic carbocycles. The third kappa shape index (κ3) is 5.99. The summed E-state index contributed by atoms with van der Waals surface area (Å²) in [6, 6.07) is 18.2. The summed E-state index contributed by atoms with van der Waals surface area (Å²) in [6.45, 7) is 7.66. The van der Waals surface area contributed by atoms with Crippen LogP contribution in [-0.2, 0) is 17.9 Å². The molecule has 32 heavy (non-hydrogen) atoms. The van der Waals surface area contributed by atoms with Gasteiger partial charge in [-0.25, -0.2) is 0 Å². The van der Waals surface area contributed by atoms with Gasteiger partial charge in [-0.05, 0) is 57.5 Å². The van der Waals surface area contributed by atoms with Crippen molar-refractivity contribution in [1.29, 1.82) is 0 Å². The second kappa shape index (κ2) is 10.8. The average Bonchev–Trinajstić information content (AvgIpc) is 3.17. The number of nitrogens with one attached hydrogen (secondary N) is 1. The quantitative estimate of drug-likeness (QED) is 0.503. The molecule has 168 valence electrons. The molecule has 0 spiro atoms. The Hall–Kier alpha value is -2.64. The first kappa shape index (κ1) is 22.6. The summed E-state index contributed by atoms with van der Waals surface area (Å²) in [5.41, 5.74) is 3.18. The topological polar surface area (TPSA) is 63.1 Å². The summed E-state index contributed by atoms with van der Waals surface area (Å²) in [6.07, 6.45) is 3.79. The molecule has 1 atom stereocenters. The molecule has 2 heterocycles. The summed E-state index contributed by atoms with van der Waals surface area (Å²) in [5.74, 6) is 0.926. The molecule has 6 nitrogen and oxygen atoms in total. The van der Waals surface area contributed by atoms with Gasteiger partial charge in [0.1, 0.15) is 5.82 Å². The molecule has 1 N–H and O–H groups in total. The molecule has 0 bridgehead atoms. The number of rotatable bonds is 8. The summed E-state index contributed by atoms with van der Waals surface area (Å²) >= 11 is 1.46. The SMILES string of the molecule is Cc1ccc(NC(=O)C(C)Sc2nnc(CN3CCCCC3)n2Cc2ccccc2)cc1. The lowest BCUT2D eigenvalue weighted by Gasteiger charge is -2.26. The van der Waals surface area contributed by atoms with Gasteiger partial charge in [-0.1, -0.05) is 66.2 Å². The third-order valence-corrected chi connectivity index (χ3v) is 6.84. The van der Waals surface area contributed by atoms with E-state index in [4.69, 9.17) is 0 Å². The number of aryl methyl sites for hydroxylation is 1. The second-order valence-electron chi connectivity index (χ2n) is 8.42. The molecule has 1 aliphatic heterocycles. The fraction of sp³-hybridized carbons (Fsp3) is 0.400. The first-order chi connectivity index (χ1) is 15.6. The minimum absolute atomic E-state index is 0.0364. The molecule has 0 saturated carbocycles. The largest absolute Gasteiger partial charge is 0.325 e. The maximum absolute atomic E-state index is 12.8. The highest BCUT2D eigenvalue weighted by Gasteiger charge is 2.22. The fourth-order valence-corrected chi connectivity index (χ4v) is 4.73. The highest BCUT2D eigenvalue weighted by Crippen LogP contribution is 2.25. The smallest absolute Gasteiger partial charge is 0.237 e. The van der Waals surface area contributed by atoms with Crippen LogP contribution >= 0.6 is 11.8 Å². The van der Waals surface area contributed by atoms with E-state index >= 15 is 0 Å². The van der Waals surface area contributed by atoms with Crippen molar-refractivity contribution < 1.29 is 4.79 Å². The molecule has 1 aromatic heterocycles. The fourth-order valence-electron chi connectivity index (χ4n) is 3.86. The van der Waals surface area contributed by atoms with E-state index in [-0.39, 0.29) is 11.2 Å². The summed E-state index contributed by atoms with van der Waals surface area (Å²) in [7, 11) is 0. The summed E-state index contributed by atoms with van der Waals surface area (Å²) < 4.78 is 2.17. The van der Waals surface area contributed by atoms with E-state index in [0.717, 1.165) is 36.3 Å². The first-order valence-electron chi connectivity index (χ1n) is 11.3. The number of carbonyl (C=O) groups is 1. The zero-order valence-electron chi connectivity index (χ0n) is 18.8.